The van der Waals surface area contributed by atoms with Gasteiger partial charge in [-0.15, -0.1) is 0 Å². The van der Waals surface area contributed by atoms with Gasteiger partial charge in [0.05, 0.1) is 5.75 Å². The summed E-state index contributed by atoms with van der Waals surface area (Å²) in [7, 11) is -3.32. The van der Waals surface area contributed by atoms with Crippen LogP contribution in [-0.4, -0.2) is 15.0 Å². The quantitative estimate of drug-likeness (QED) is 0.854. The summed E-state index contributed by atoms with van der Waals surface area (Å²) >= 11 is 0. The number of nitrogens with one attached hydrogen (secondary N) is 1. The molecule has 2 rings (SSSR count). The van der Waals surface area contributed by atoms with Crippen molar-refractivity contribution < 1.29 is 12.8 Å². The summed E-state index contributed by atoms with van der Waals surface area (Å²) in [5.41, 5.74) is 0.475. The van der Waals surface area contributed by atoms with Crippen LogP contribution >= 0.6 is 0 Å². The maximum atomic E-state index is 12.9. The molecule has 1 saturated carbocycles. The molecule has 0 bridgehead atoms. The lowest BCUT2D eigenvalue weighted by atomic mass is 10.2. The van der Waals surface area contributed by atoms with Crippen LogP contribution < -0.4 is 4.72 Å². The van der Waals surface area contributed by atoms with E-state index in [1.165, 1.54) is 18.2 Å². The van der Waals surface area contributed by atoms with Crippen molar-refractivity contribution in [1.82, 2.24) is 4.72 Å². The van der Waals surface area contributed by atoms with Gasteiger partial charge in [0.25, 0.3) is 0 Å². The number of halogens is 1. The van der Waals surface area contributed by atoms with E-state index in [4.69, 9.17) is 0 Å². The minimum absolute atomic E-state index is 0.155. The fourth-order valence-corrected chi connectivity index (χ4v) is 2.67. The largest absolute Gasteiger partial charge is 0.215 e. The monoisotopic (exact) mass is 243 g/mol. The number of sulfonamides is 1. The Morgan fingerprint density at radius 2 is 2.12 bits per heavy atom. The van der Waals surface area contributed by atoms with E-state index in [-0.39, 0.29) is 5.75 Å². The lowest BCUT2D eigenvalue weighted by Crippen LogP contribution is -2.27. The van der Waals surface area contributed by atoms with E-state index in [1.807, 2.05) is 0 Å². The third-order valence-electron chi connectivity index (χ3n) is 2.53. The molecule has 0 atom stereocenters. The van der Waals surface area contributed by atoms with Crippen LogP contribution in [0.25, 0.3) is 0 Å². The molecule has 0 aliphatic heterocycles. The Balaban J connectivity index is 1.96. The van der Waals surface area contributed by atoms with Gasteiger partial charge in [0.15, 0.2) is 0 Å². The summed E-state index contributed by atoms with van der Waals surface area (Å²) in [4.78, 5) is 0. The van der Waals surface area contributed by atoms with E-state index < -0.39 is 15.8 Å². The first-order valence-corrected chi connectivity index (χ1v) is 6.92. The standard InChI is InChI=1S/C11H14FNO2S/c12-11-3-1-2-10(6-11)8-16(14,15)13-7-9-4-5-9/h1-3,6,9,13H,4-5,7-8H2. The molecule has 3 nitrogen and oxygen atoms in total. The average molecular weight is 243 g/mol. The smallest absolute Gasteiger partial charge is 0.215 e. The van der Waals surface area contributed by atoms with Crippen LogP contribution in [0.15, 0.2) is 24.3 Å². The lowest BCUT2D eigenvalue weighted by Gasteiger charge is -2.05. The van der Waals surface area contributed by atoms with Crippen molar-refractivity contribution in [1.29, 1.82) is 0 Å². The van der Waals surface area contributed by atoms with E-state index in [9.17, 15) is 12.8 Å². The first-order valence-electron chi connectivity index (χ1n) is 5.27. The predicted octanol–water partition coefficient (Wildman–Crippen LogP) is 1.66. The minimum Gasteiger partial charge on any atom is -0.215 e. The maximum Gasteiger partial charge on any atom is 0.215 e. The van der Waals surface area contributed by atoms with Crippen LogP contribution in [0.1, 0.15) is 18.4 Å². The fraction of sp³-hybridized carbons (Fsp3) is 0.455. The summed E-state index contributed by atoms with van der Waals surface area (Å²) in [5, 5.41) is 0. The van der Waals surface area contributed by atoms with Gasteiger partial charge < -0.3 is 0 Å². The van der Waals surface area contributed by atoms with Crippen LogP contribution in [0.3, 0.4) is 0 Å². The van der Waals surface area contributed by atoms with Crippen molar-refractivity contribution in [2.24, 2.45) is 5.92 Å². The Bertz CT molecular complexity index is 469. The zero-order valence-electron chi connectivity index (χ0n) is 8.82. The number of hydrogen-bond donors (Lipinski definition) is 1. The molecule has 16 heavy (non-hydrogen) atoms. The van der Waals surface area contributed by atoms with E-state index in [1.54, 1.807) is 6.07 Å². The third-order valence-corrected chi connectivity index (χ3v) is 3.85. The van der Waals surface area contributed by atoms with Crippen molar-refractivity contribution in [3.8, 4) is 0 Å². The molecular weight excluding hydrogens is 229 g/mol. The average Bonchev–Trinajstić information content (AvgIpc) is 2.97. The zero-order valence-corrected chi connectivity index (χ0v) is 9.63. The molecular formula is C11H14FNO2S. The summed E-state index contributed by atoms with van der Waals surface area (Å²) < 4.78 is 38.6. The molecule has 5 heteroatoms. The lowest BCUT2D eigenvalue weighted by molar-refractivity contribution is 0.576. The molecule has 0 heterocycles. The van der Waals surface area contributed by atoms with Crippen molar-refractivity contribution in [3.05, 3.63) is 35.6 Å². The van der Waals surface area contributed by atoms with E-state index in [0.29, 0.717) is 18.0 Å². The molecule has 1 aliphatic carbocycles. The van der Waals surface area contributed by atoms with Gasteiger partial charge in [0.1, 0.15) is 5.82 Å². The second-order valence-corrected chi connectivity index (χ2v) is 5.99. The van der Waals surface area contributed by atoms with Crippen LogP contribution in [0.2, 0.25) is 0 Å². The second-order valence-electron chi connectivity index (χ2n) is 4.18. The van der Waals surface area contributed by atoms with Gasteiger partial charge in [0, 0.05) is 6.54 Å². The Labute approximate surface area is 94.7 Å². The first-order chi connectivity index (χ1) is 7.55. The predicted molar refractivity (Wildman–Crippen MR) is 59.8 cm³/mol. The highest BCUT2D eigenvalue weighted by Crippen LogP contribution is 2.27. The van der Waals surface area contributed by atoms with Gasteiger partial charge in [-0.3, -0.25) is 0 Å². The van der Waals surface area contributed by atoms with Crippen LogP contribution in [0, 0.1) is 11.7 Å². The first kappa shape index (κ1) is 11.5. The fourth-order valence-electron chi connectivity index (χ4n) is 1.46. The van der Waals surface area contributed by atoms with Gasteiger partial charge in [-0.25, -0.2) is 17.5 Å². The van der Waals surface area contributed by atoms with Gasteiger partial charge in [-0.1, -0.05) is 12.1 Å². The highest BCUT2D eigenvalue weighted by molar-refractivity contribution is 7.88. The maximum absolute atomic E-state index is 12.9. The Kier molecular flexibility index (Phi) is 3.25. The zero-order chi connectivity index (χ0) is 11.6. The summed E-state index contributed by atoms with van der Waals surface area (Å²) in [6.45, 7) is 0.512. The highest BCUT2D eigenvalue weighted by Gasteiger charge is 2.23. The third kappa shape index (κ3) is 3.57. The van der Waals surface area contributed by atoms with Crippen molar-refractivity contribution in [3.63, 3.8) is 0 Å². The molecule has 0 spiro atoms. The van der Waals surface area contributed by atoms with Gasteiger partial charge >= 0.3 is 0 Å². The van der Waals surface area contributed by atoms with E-state index in [0.717, 1.165) is 12.8 Å². The molecule has 88 valence electrons. The van der Waals surface area contributed by atoms with Crippen molar-refractivity contribution >= 4 is 10.0 Å². The molecule has 0 unspecified atom stereocenters. The molecule has 1 N–H and O–H groups in total. The number of rotatable bonds is 5. The topological polar surface area (TPSA) is 46.2 Å². The minimum atomic E-state index is -3.32. The summed E-state index contributed by atoms with van der Waals surface area (Å²) in [5.74, 6) is -0.0607. The molecule has 1 fully saturated rings. The normalized spacial score (nSPS) is 16.3. The van der Waals surface area contributed by atoms with Crippen LogP contribution in [0.4, 0.5) is 4.39 Å². The molecule has 1 aromatic rings. The van der Waals surface area contributed by atoms with Crippen molar-refractivity contribution in [2.45, 2.75) is 18.6 Å². The van der Waals surface area contributed by atoms with Gasteiger partial charge in [0.2, 0.25) is 10.0 Å². The molecule has 0 amide bonds. The molecule has 0 radical (unpaired) electrons. The van der Waals surface area contributed by atoms with Gasteiger partial charge in [-0.2, -0.15) is 0 Å². The van der Waals surface area contributed by atoms with E-state index >= 15 is 0 Å². The molecule has 0 aromatic heterocycles. The van der Waals surface area contributed by atoms with Crippen molar-refractivity contribution in [2.75, 3.05) is 6.54 Å². The molecule has 1 aromatic carbocycles. The summed E-state index contributed by atoms with van der Waals surface area (Å²) in [6, 6.07) is 5.67. The Hall–Kier alpha value is -0.940. The molecule has 0 saturated heterocycles. The second kappa shape index (κ2) is 4.51. The number of benzene rings is 1. The Morgan fingerprint density at radius 3 is 2.75 bits per heavy atom. The molecule has 1 aliphatic rings. The number of hydrogen-bond acceptors (Lipinski definition) is 2. The van der Waals surface area contributed by atoms with Crippen LogP contribution in [0.5, 0.6) is 0 Å². The van der Waals surface area contributed by atoms with Crippen LogP contribution in [-0.2, 0) is 15.8 Å². The van der Waals surface area contributed by atoms with Gasteiger partial charge in [-0.05, 0) is 36.5 Å². The highest BCUT2D eigenvalue weighted by atomic mass is 32.2. The Morgan fingerprint density at radius 1 is 1.38 bits per heavy atom. The SMILES string of the molecule is O=S(=O)(Cc1cccc(F)c1)NCC1CC1. The van der Waals surface area contributed by atoms with E-state index in [2.05, 4.69) is 4.72 Å². The summed E-state index contributed by atoms with van der Waals surface area (Å²) in [6.07, 6.45) is 2.20.